The molecule has 0 fully saturated rings. The van der Waals surface area contributed by atoms with E-state index < -0.39 is 11.7 Å². The Hall–Kier alpha value is -3.08. The van der Waals surface area contributed by atoms with E-state index >= 15 is 0 Å². The first-order valence-electron chi connectivity index (χ1n) is 8.14. The van der Waals surface area contributed by atoms with Gasteiger partial charge in [0.05, 0.1) is 17.3 Å². The van der Waals surface area contributed by atoms with Crippen molar-refractivity contribution in [1.29, 1.82) is 0 Å². The highest BCUT2D eigenvalue weighted by Crippen LogP contribution is 2.38. The van der Waals surface area contributed by atoms with E-state index in [1.54, 1.807) is 16.8 Å². The minimum absolute atomic E-state index is 0.455. The number of halogens is 3. The fourth-order valence-corrected chi connectivity index (χ4v) is 3.11. The molecule has 0 amide bonds. The van der Waals surface area contributed by atoms with E-state index in [9.17, 15) is 13.2 Å². The van der Waals surface area contributed by atoms with E-state index in [4.69, 9.17) is 0 Å². The molecular weight excluding hydrogens is 337 g/mol. The van der Waals surface area contributed by atoms with Crippen LogP contribution in [-0.4, -0.2) is 9.38 Å². The minimum atomic E-state index is -4.41. The molecule has 0 atom stereocenters. The molecule has 2 aromatic heterocycles. The van der Waals surface area contributed by atoms with Gasteiger partial charge >= 0.3 is 6.18 Å². The van der Waals surface area contributed by atoms with Crippen LogP contribution in [0.2, 0.25) is 0 Å². The first-order valence-corrected chi connectivity index (χ1v) is 8.14. The maximum absolute atomic E-state index is 13.3. The summed E-state index contributed by atoms with van der Waals surface area (Å²) < 4.78 is 41.7. The highest BCUT2D eigenvalue weighted by Gasteiger charge is 2.31. The highest BCUT2D eigenvalue weighted by atomic mass is 19.4. The van der Waals surface area contributed by atoms with Gasteiger partial charge in [-0.05, 0) is 42.3 Å². The van der Waals surface area contributed by atoms with Crippen molar-refractivity contribution in [2.24, 2.45) is 0 Å². The summed E-state index contributed by atoms with van der Waals surface area (Å²) in [4.78, 5) is 4.39. The van der Waals surface area contributed by atoms with Crippen LogP contribution in [0, 0.1) is 6.92 Å². The predicted octanol–water partition coefficient (Wildman–Crippen LogP) is 6.00. The lowest BCUT2D eigenvalue weighted by molar-refractivity contribution is -0.137. The van der Waals surface area contributed by atoms with Crippen molar-refractivity contribution in [3.63, 3.8) is 0 Å². The van der Waals surface area contributed by atoms with Crippen LogP contribution >= 0.6 is 0 Å². The van der Waals surface area contributed by atoms with Gasteiger partial charge < -0.3 is 0 Å². The van der Waals surface area contributed by atoms with Gasteiger partial charge in [0.1, 0.15) is 5.82 Å². The Morgan fingerprint density at radius 2 is 1.73 bits per heavy atom. The van der Waals surface area contributed by atoms with Crippen molar-refractivity contribution in [2.75, 3.05) is 0 Å². The molecule has 0 spiro atoms. The van der Waals surface area contributed by atoms with Crippen LogP contribution < -0.4 is 0 Å². The number of nitrogens with zero attached hydrogens (tertiary/aromatic N) is 2. The number of hydrogen-bond donors (Lipinski definition) is 0. The maximum atomic E-state index is 13.3. The van der Waals surface area contributed by atoms with Gasteiger partial charge in [0, 0.05) is 11.8 Å². The molecule has 2 aromatic carbocycles. The van der Waals surface area contributed by atoms with Crippen LogP contribution in [0.4, 0.5) is 13.2 Å². The van der Waals surface area contributed by atoms with Crippen molar-refractivity contribution in [3.8, 4) is 22.5 Å². The topological polar surface area (TPSA) is 17.3 Å². The third-order valence-corrected chi connectivity index (χ3v) is 4.36. The van der Waals surface area contributed by atoms with E-state index in [0.29, 0.717) is 11.4 Å². The molecule has 0 bridgehead atoms. The molecule has 0 N–H and O–H groups in total. The first-order chi connectivity index (χ1) is 12.4. The van der Waals surface area contributed by atoms with Gasteiger partial charge in [0.25, 0.3) is 0 Å². The van der Waals surface area contributed by atoms with E-state index in [1.165, 1.54) is 12.1 Å². The molecule has 26 heavy (non-hydrogen) atoms. The summed E-state index contributed by atoms with van der Waals surface area (Å²) >= 11 is 0. The van der Waals surface area contributed by atoms with E-state index in [0.717, 1.165) is 28.3 Å². The smallest absolute Gasteiger partial charge is 0.300 e. The number of aromatic nitrogens is 2. The van der Waals surface area contributed by atoms with E-state index in [-0.39, 0.29) is 0 Å². The van der Waals surface area contributed by atoms with E-state index in [2.05, 4.69) is 4.98 Å². The van der Waals surface area contributed by atoms with Crippen molar-refractivity contribution in [3.05, 3.63) is 84.2 Å². The number of aryl methyl sites for hydroxylation is 1. The summed E-state index contributed by atoms with van der Waals surface area (Å²) in [6.45, 7) is 1.96. The van der Waals surface area contributed by atoms with Gasteiger partial charge in [0.2, 0.25) is 0 Å². The van der Waals surface area contributed by atoms with Crippen LogP contribution in [-0.2, 0) is 6.18 Å². The number of rotatable bonds is 2. The summed E-state index contributed by atoms with van der Waals surface area (Å²) in [6, 6.07) is 17.1. The molecule has 0 saturated heterocycles. The third-order valence-electron chi connectivity index (χ3n) is 4.36. The largest absolute Gasteiger partial charge is 0.416 e. The summed E-state index contributed by atoms with van der Waals surface area (Å²) in [5.41, 5.74) is 3.23. The lowest BCUT2D eigenvalue weighted by Gasteiger charge is -2.14. The molecule has 0 aliphatic rings. The molecule has 5 heteroatoms. The van der Waals surface area contributed by atoms with E-state index in [1.807, 2.05) is 49.4 Å². The number of pyridine rings is 1. The fourth-order valence-electron chi connectivity index (χ4n) is 3.11. The summed E-state index contributed by atoms with van der Waals surface area (Å²) in [6.07, 6.45) is -0.944. The zero-order chi connectivity index (χ0) is 18.3. The SMILES string of the molecule is Cc1cccc(-c2ccc(C(F)(F)F)cc2-c2ncc3ccccn23)c1. The molecular formula is C21H15F3N2. The van der Waals surface area contributed by atoms with Gasteiger partial charge in [0.15, 0.2) is 0 Å². The Morgan fingerprint density at radius 1 is 0.885 bits per heavy atom. The van der Waals surface area contributed by atoms with Gasteiger partial charge in [-0.1, -0.05) is 42.0 Å². The maximum Gasteiger partial charge on any atom is 0.416 e. The number of benzene rings is 2. The molecule has 0 unspecified atom stereocenters. The third kappa shape index (κ3) is 2.86. The van der Waals surface area contributed by atoms with Crippen molar-refractivity contribution in [1.82, 2.24) is 9.38 Å². The second-order valence-electron chi connectivity index (χ2n) is 6.20. The Morgan fingerprint density at radius 3 is 2.50 bits per heavy atom. The lowest BCUT2D eigenvalue weighted by Crippen LogP contribution is -2.05. The molecule has 0 radical (unpaired) electrons. The average molecular weight is 352 g/mol. The Balaban J connectivity index is 2.01. The second kappa shape index (κ2) is 6.02. The highest BCUT2D eigenvalue weighted by molar-refractivity contribution is 5.82. The zero-order valence-corrected chi connectivity index (χ0v) is 14.0. The molecule has 4 rings (SSSR count). The normalized spacial score (nSPS) is 11.8. The van der Waals surface area contributed by atoms with Crippen molar-refractivity contribution < 1.29 is 13.2 Å². The number of fused-ring (bicyclic) bond motifs is 1. The monoisotopic (exact) mass is 352 g/mol. The van der Waals surface area contributed by atoms with Crippen LogP contribution in [0.15, 0.2) is 73.1 Å². The number of alkyl halides is 3. The van der Waals surface area contributed by atoms with Crippen LogP contribution in [0.5, 0.6) is 0 Å². The van der Waals surface area contributed by atoms with Crippen molar-refractivity contribution >= 4 is 5.52 Å². The van der Waals surface area contributed by atoms with Gasteiger partial charge in [-0.3, -0.25) is 4.40 Å². The molecule has 0 saturated carbocycles. The molecule has 2 nitrogen and oxygen atoms in total. The standard InChI is InChI=1S/C21H15F3N2/c1-14-5-4-6-15(11-14)18-9-8-16(21(22,23)24)12-19(18)20-25-13-17-7-2-3-10-26(17)20/h2-13H,1H3. The quantitative estimate of drug-likeness (QED) is 0.433. The molecule has 4 aromatic rings. The first kappa shape index (κ1) is 16.4. The lowest BCUT2D eigenvalue weighted by atomic mass is 9.95. The van der Waals surface area contributed by atoms with Gasteiger partial charge in [-0.2, -0.15) is 13.2 Å². The zero-order valence-electron chi connectivity index (χ0n) is 14.0. The minimum Gasteiger partial charge on any atom is -0.300 e. The number of hydrogen-bond acceptors (Lipinski definition) is 1. The molecule has 0 aliphatic carbocycles. The second-order valence-corrected chi connectivity index (χ2v) is 6.20. The molecule has 0 aliphatic heterocycles. The van der Waals surface area contributed by atoms with Crippen molar-refractivity contribution in [2.45, 2.75) is 13.1 Å². The summed E-state index contributed by atoms with van der Waals surface area (Å²) in [7, 11) is 0. The average Bonchev–Trinajstić information content (AvgIpc) is 3.04. The number of imidazole rings is 1. The van der Waals surface area contributed by atoms with Gasteiger partial charge in [-0.15, -0.1) is 0 Å². The Kier molecular flexibility index (Phi) is 3.80. The Labute approximate surface area is 148 Å². The fraction of sp³-hybridized carbons (Fsp3) is 0.0952. The molecule has 130 valence electrons. The van der Waals surface area contributed by atoms with Crippen LogP contribution in [0.1, 0.15) is 11.1 Å². The predicted molar refractivity (Wildman–Crippen MR) is 95.8 cm³/mol. The van der Waals surface area contributed by atoms with Crippen LogP contribution in [0.25, 0.3) is 28.0 Å². The summed E-state index contributed by atoms with van der Waals surface area (Å²) in [5, 5.41) is 0. The molecule has 2 heterocycles. The Bertz CT molecular complexity index is 1090. The van der Waals surface area contributed by atoms with Crippen LogP contribution in [0.3, 0.4) is 0 Å². The summed E-state index contributed by atoms with van der Waals surface area (Å²) in [5.74, 6) is 0.489. The van der Waals surface area contributed by atoms with Gasteiger partial charge in [-0.25, -0.2) is 4.98 Å².